The van der Waals surface area contributed by atoms with E-state index in [-0.39, 0.29) is 0 Å². The van der Waals surface area contributed by atoms with Crippen LogP contribution in [0.4, 0.5) is 5.69 Å². The molecule has 11 heavy (non-hydrogen) atoms. The Labute approximate surface area is 70.2 Å². The van der Waals surface area contributed by atoms with E-state index in [2.05, 4.69) is 49.9 Å². The Morgan fingerprint density at radius 3 is 2.27 bits per heavy atom. The Balaban J connectivity index is 3.02. The molecule has 1 atom stereocenters. The SMILES string of the molecule is CPc1ccccc1N(C)C. The van der Waals surface area contributed by atoms with Crippen molar-refractivity contribution in [2.45, 2.75) is 0 Å². The molecule has 1 nitrogen and oxygen atoms in total. The number of rotatable bonds is 2. The Bertz CT molecular complexity index is 233. The summed E-state index contributed by atoms with van der Waals surface area (Å²) in [6.45, 7) is 2.21. The average molecular weight is 167 g/mol. The second-order valence-electron chi connectivity index (χ2n) is 2.66. The van der Waals surface area contributed by atoms with Crippen LogP contribution in [0.2, 0.25) is 0 Å². The molecule has 0 aliphatic rings. The second kappa shape index (κ2) is 3.73. The highest BCUT2D eigenvalue weighted by atomic mass is 31.1. The first-order valence-electron chi connectivity index (χ1n) is 3.70. The highest BCUT2D eigenvalue weighted by Crippen LogP contribution is 2.15. The lowest BCUT2D eigenvalue weighted by Gasteiger charge is -2.15. The molecule has 0 fully saturated rings. The standard InChI is InChI=1S/C9H14NP/c1-10(2)8-6-4-5-7-9(8)11-3/h4-7,11H,1-3H3. The largest absolute Gasteiger partial charge is 0.377 e. The summed E-state index contributed by atoms with van der Waals surface area (Å²) in [6.07, 6.45) is 0. The zero-order valence-electron chi connectivity index (χ0n) is 7.26. The van der Waals surface area contributed by atoms with E-state index in [1.807, 2.05) is 0 Å². The van der Waals surface area contributed by atoms with Gasteiger partial charge in [0.25, 0.3) is 0 Å². The van der Waals surface area contributed by atoms with Crippen molar-refractivity contribution in [1.82, 2.24) is 0 Å². The number of hydrogen-bond acceptors (Lipinski definition) is 1. The maximum atomic E-state index is 2.21. The molecule has 1 rings (SSSR count). The van der Waals surface area contributed by atoms with Gasteiger partial charge in [-0.1, -0.05) is 26.8 Å². The van der Waals surface area contributed by atoms with Crippen molar-refractivity contribution < 1.29 is 0 Å². The number of para-hydroxylation sites is 1. The highest BCUT2D eigenvalue weighted by Gasteiger charge is 1.99. The van der Waals surface area contributed by atoms with Crippen LogP contribution in [0.25, 0.3) is 0 Å². The van der Waals surface area contributed by atoms with Gasteiger partial charge in [-0.15, -0.1) is 0 Å². The topological polar surface area (TPSA) is 3.24 Å². The van der Waals surface area contributed by atoms with Gasteiger partial charge < -0.3 is 4.90 Å². The molecule has 0 aliphatic carbocycles. The number of nitrogens with zero attached hydrogens (tertiary/aromatic N) is 1. The summed E-state index contributed by atoms with van der Waals surface area (Å²) in [5, 5.41) is 1.44. The summed E-state index contributed by atoms with van der Waals surface area (Å²) >= 11 is 0. The van der Waals surface area contributed by atoms with Crippen molar-refractivity contribution in [1.29, 1.82) is 0 Å². The van der Waals surface area contributed by atoms with E-state index in [0.29, 0.717) is 0 Å². The van der Waals surface area contributed by atoms with Crippen LogP contribution in [0, 0.1) is 0 Å². The van der Waals surface area contributed by atoms with Gasteiger partial charge in [0.1, 0.15) is 0 Å². The molecule has 0 N–H and O–H groups in total. The maximum Gasteiger partial charge on any atom is 0.0436 e. The maximum absolute atomic E-state index is 2.21. The summed E-state index contributed by atoms with van der Waals surface area (Å²) in [7, 11) is 5.04. The Hall–Kier alpha value is -0.550. The quantitative estimate of drug-likeness (QED) is 0.606. The molecule has 0 bridgehead atoms. The minimum absolute atomic E-state index is 0.880. The zero-order chi connectivity index (χ0) is 8.27. The summed E-state index contributed by atoms with van der Waals surface area (Å²) in [4.78, 5) is 2.16. The van der Waals surface area contributed by atoms with Crippen LogP contribution >= 0.6 is 8.58 Å². The molecular weight excluding hydrogens is 153 g/mol. The monoisotopic (exact) mass is 167 g/mol. The van der Waals surface area contributed by atoms with Gasteiger partial charge in [-0.3, -0.25) is 0 Å². The van der Waals surface area contributed by atoms with Gasteiger partial charge in [-0.05, 0) is 18.0 Å². The van der Waals surface area contributed by atoms with Crippen LogP contribution in [0.3, 0.4) is 0 Å². The van der Waals surface area contributed by atoms with Crippen LogP contribution in [0.15, 0.2) is 24.3 Å². The van der Waals surface area contributed by atoms with E-state index in [9.17, 15) is 0 Å². The van der Waals surface area contributed by atoms with E-state index >= 15 is 0 Å². The zero-order valence-corrected chi connectivity index (χ0v) is 8.26. The molecule has 0 saturated heterocycles. The van der Waals surface area contributed by atoms with Crippen LogP contribution < -0.4 is 10.2 Å². The fourth-order valence-electron chi connectivity index (χ4n) is 1.08. The van der Waals surface area contributed by atoms with Crippen LogP contribution in [-0.4, -0.2) is 20.8 Å². The third-order valence-corrected chi connectivity index (χ3v) is 2.62. The minimum atomic E-state index is 0.880. The van der Waals surface area contributed by atoms with Gasteiger partial charge >= 0.3 is 0 Å². The predicted octanol–water partition coefficient (Wildman–Crippen LogP) is 1.69. The Kier molecular flexibility index (Phi) is 2.90. The van der Waals surface area contributed by atoms with E-state index in [4.69, 9.17) is 0 Å². The lowest BCUT2D eigenvalue weighted by Crippen LogP contribution is -2.15. The first-order valence-corrected chi connectivity index (χ1v) is 5.20. The van der Waals surface area contributed by atoms with Crippen molar-refractivity contribution in [3.63, 3.8) is 0 Å². The average Bonchev–Trinajstić information content (AvgIpc) is 2.04. The fourth-order valence-corrected chi connectivity index (χ4v) is 1.90. The summed E-state index contributed by atoms with van der Waals surface area (Å²) in [6, 6.07) is 8.53. The van der Waals surface area contributed by atoms with Crippen LogP contribution in [0.5, 0.6) is 0 Å². The van der Waals surface area contributed by atoms with Crippen molar-refractivity contribution in [2.75, 3.05) is 25.7 Å². The molecule has 0 amide bonds. The molecule has 60 valence electrons. The number of benzene rings is 1. The van der Waals surface area contributed by atoms with Crippen LogP contribution in [0.1, 0.15) is 0 Å². The molecule has 0 aromatic heterocycles. The molecule has 0 heterocycles. The molecule has 1 unspecified atom stereocenters. The molecule has 0 radical (unpaired) electrons. The molecule has 0 aliphatic heterocycles. The summed E-state index contributed by atoms with van der Waals surface area (Å²) in [5.41, 5.74) is 1.34. The van der Waals surface area contributed by atoms with Gasteiger partial charge in [0.2, 0.25) is 0 Å². The van der Waals surface area contributed by atoms with E-state index in [1.165, 1.54) is 11.0 Å². The first kappa shape index (κ1) is 8.55. The van der Waals surface area contributed by atoms with Crippen molar-refractivity contribution >= 4 is 19.6 Å². The molecule has 2 heteroatoms. The smallest absolute Gasteiger partial charge is 0.0436 e. The third-order valence-electron chi connectivity index (χ3n) is 1.66. The van der Waals surface area contributed by atoms with Gasteiger partial charge in [0.15, 0.2) is 0 Å². The lowest BCUT2D eigenvalue weighted by molar-refractivity contribution is 1.14. The van der Waals surface area contributed by atoms with E-state index < -0.39 is 0 Å². The van der Waals surface area contributed by atoms with E-state index in [1.54, 1.807) is 0 Å². The molecular formula is C9H14NP. The lowest BCUT2D eigenvalue weighted by atomic mass is 10.3. The Morgan fingerprint density at radius 2 is 1.82 bits per heavy atom. The predicted molar refractivity (Wildman–Crippen MR) is 54.6 cm³/mol. The minimum Gasteiger partial charge on any atom is -0.377 e. The van der Waals surface area contributed by atoms with Crippen molar-refractivity contribution in [3.05, 3.63) is 24.3 Å². The van der Waals surface area contributed by atoms with Crippen molar-refractivity contribution in [3.8, 4) is 0 Å². The fraction of sp³-hybridized carbons (Fsp3) is 0.333. The van der Waals surface area contributed by atoms with Gasteiger partial charge in [0.05, 0.1) is 0 Å². The summed E-state index contributed by atoms with van der Waals surface area (Å²) < 4.78 is 0. The normalized spacial score (nSPS) is 10.8. The second-order valence-corrected chi connectivity index (χ2v) is 3.70. The van der Waals surface area contributed by atoms with Crippen molar-refractivity contribution in [2.24, 2.45) is 0 Å². The van der Waals surface area contributed by atoms with Gasteiger partial charge in [0, 0.05) is 19.8 Å². The summed E-state index contributed by atoms with van der Waals surface area (Å²) in [5.74, 6) is 0. The highest BCUT2D eigenvalue weighted by molar-refractivity contribution is 7.46. The number of anilines is 1. The van der Waals surface area contributed by atoms with Gasteiger partial charge in [-0.2, -0.15) is 0 Å². The van der Waals surface area contributed by atoms with E-state index in [0.717, 1.165) is 8.58 Å². The number of hydrogen-bond donors (Lipinski definition) is 0. The van der Waals surface area contributed by atoms with Gasteiger partial charge in [-0.25, -0.2) is 0 Å². The molecule has 0 saturated carbocycles. The molecule has 1 aromatic rings. The first-order chi connectivity index (χ1) is 5.25. The molecule has 0 spiro atoms. The Morgan fingerprint density at radius 1 is 1.18 bits per heavy atom. The molecule has 1 aromatic carbocycles. The van der Waals surface area contributed by atoms with Crippen LogP contribution in [-0.2, 0) is 0 Å². The third kappa shape index (κ3) is 1.94.